The van der Waals surface area contributed by atoms with Crippen LogP contribution in [0.5, 0.6) is 0 Å². The van der Waals surface area contributed by atoms with Crippen LogP contribution in [-0.4, -0.2) is 36.6 Å². The highest BCUT2D eigenvalue weighted by atomic mass is 16.5. The van der Waals surface area contributed by atoms with Gasteiger partial charge in [0.2, 0.25) is 5.91 Å². The first-order chi connectivity index (χ1) is 6.25. The Labute approximate surface area is 79.0 Å². The Morgan fingerprint density at radius 2 is 2.31 bits per heavy atom. The van der Waals surface area contributed by atoms with E-state index in [2.05, 4.69) is 0 Å². The molecule has 0 aromatic rings. The van der Waals surface area contributed by atoms with Crippen molar-refractivity contribution in [1.82, 2.24) is 4.90 Å². The molecule has 0 spiro atoms. The standard InChI is InChI=1S/C10H17NO2/c1-8-7-11(4-5-13-8)10(12)6-9-2-3-9/h8-9H,2-7H2,1H3/t8-/m1/s1. The van der Waals surface area contributed by atoms with Crippen molar-refractivity contribution in [3.63, 3.8) is 0 Å². The molecule has 3 nitrogen and oxygen atoms in total. The topological polar surface area (TPSA) is 29.5 Å². The monoisotopic (exact) mass is 183 g/mol. The summed E-state index contributed by atoms with van der Waals surface area (Å²) in [7, 11) is 0. The smallest absolute Gasteiger partial charge is 0.223 e. The Morgan fingerprint density at radius 3 is 2.92 bits per heavy atom. The van der Waals surface area contributed by atoms with Crippen LogP contribution in [-0.2, 0) is 9.53 Å². The number of hydrogen-bond acceptors (Lipinski definition) is 2. The van der Waals surface area contributed by atoms with Gasteiger partial charge in [0.05, 0.1) is 12.7 Å². The Kier molecular flexibility index (Phi) is 2.54. The van der Waals surface area contributed by atoms with Crippen LogP contribution in [0.15, 0.2) is 0 Å². The van der Waals surface area contributed by atoms with Crippen molar-refractivity contribution < 1.29 is 9.53 Å². The highest BCUT2D eigenvalue weighted by Gasteiger charge is 2.28. The van der Waals surface area contributed by atoms with E-state index >= 15 is 0 Å². The maximum atomic E-state index is 11.7. The fourth-order valence-corrected chi connectivity index (χ4v) is 1.74. The lowest BCUT2D eigenvalue weighted by Crippen LogP contribution is -2.44. The zero-order chi connectivity index (χ0) is 9.26. The highest BCUT2D eigenvalue weighted by Crippen LogP contribution is 2.33. The molecule has 0 aromatic carbocycles. The minimum absolute atomic E-state index is 0.219. The molecule has 74 valence electrons. The summed E-state index contributed by atoms with van der Waals surface area (Å²) in [6.45, 7) is 4.30. The van der Waals surface area contributed by atoms with E-state index in [1.807, 2.05) is 11.8 Å². The Hall–Kier alpha value is -0.570. The highest BCUT2D eigenvalue weighted by molar-refractivity contribution is 5.76. The maximum Gasteiger partial charge on any atom is 0.223 e. The summed E-state index contributed by atoms with van der Waals surface area (Å²) >= 11 is 0. The van der Waals surface area contributed by atoms with Crippen LogP contribution in [0.2, 0.25) is 0 Å². The molecule has 1 aliphatic carbocycles. The van der Waals surface area contributed by atoms with Gasteiger partial charge in [-0.25, -0.2) is 0 Å². The van der Waals surface area contributed by atoms with Gasteiger partial charge in [0, 0.05) is 19.5 Å². The SMILES string of the molecule is C[C@@H]1CN(C(=O)CC2CC2)CCO1. The molecular formula is C10H17NO2. The number of morpholine rings is 1. The third kappa shape index (κ3) is 2.44. The van der Waals surface area contributed by atoms with Gasteiger partial charge in [-0.2, -0.15) is 0 Å². The third-order valence-corrected chi connectivity index (χ3v) is 2.75. The molecule has 2 fully saturated rings. The lowest BCUT2D eigenvalue weighted by molar-refractivity contribution is -0.138. The molecule has 0 unspecified atom stereocenters. The normalized spacial score (nSPS) is 29.0. The lowest BCUT2D eigenvalue weighted by atomic mass is 10.2. The van der Waals surface area contributed by atoms with Gasteiger partial charge in [-0.3, -0.25) is 4.79 Å². The van der Waals surface area contributed by atoms with Gasteiger partial charge in [-0.05, 0) is 25.7 Å². The summed E-state index contributed by atoms with van der Waals surface area (Å²) in [5, 5.41) is 0. The second-order valence-electron chi connectivity index (χ2n) is 4.17. The first-order valence-electron chi connectivity index (χ1n) is 5.15. The Morgan fingerprint density at radius 1 is 1.54 bits per heavy atom. The van der Waals surface area contributed by atoms with Gasteiger partial charge in [0.25, 0.3) is 0 Å². The van der Waals surface area contributed by atoms with Gasteiger partial charge in [-0.1, -0.05) is 0 Å². The summed E-state index contributed by atoms with van der Waals surface area (Å²) in [5.41, 5.74) is 0. The fraction of sp³-hybridized carbons (Fsp3) is 0.900. The molecule has 0 radical (unpaired) electrons. The predicted octanol–water partition coefficient (Wildman–Crippen LogP) is 1.03. The van der Waals surface area contributed by atoms with Crippen LogP contribution < -0.4 is 0 Å². The minimum atomic E-state index is 0.219. The zero-order valence-corrected chi connectivity index (χ0v) is 8.16. The quantitative estimate of drug-likeness (QED) is 0.640. The van der Waals surface area contributed by atoms with Crippen molar-refractivity contribution in [2.75, 3.05) is 19.7 Å². The summed E-state index contributed by atoms with van der Waals surface area (Å²) in [6, 6.07) is 0. The number of nitrogens with zero attached hydrogens (tertiary/aromatic N) is 1. The summed E-state index contributed by atoms with van der Waals surface area (Å²) in [5.74, 6) is 1.03. The molecule has 1 atom stereocenters. The van der Waals surface area contributed by atoms with E-state index in [1.165, 1.54) is 12.8 Å². The molecule has 0 bridgehead atoms. The molecular weight excluding hydrogens is 166 g/mol. The van der Waals surface area contributed by atoms with Gasteiger partial charge in [0.15, 0.2) is 0 Å². The summed E-state index contributed by atoms with van der Waals surface area (Å²) < 4.78 is 5.38. The van der Waals surface area contributed by atoms with Gasteiger partial charge >= 0.3 is 0 Å². The van der Waals surface area contributed by atoms with Gasteiger partial charge in [0.1, 0.15) is 0 Å². The molecule has 0 N–H and O–H groups in total. The lowest BCUT2D eigenvalue weighted by Gasteiger charge is -2.31. The molecule has 1 heterocycles. The van der Waals surface area contributed by atoms with Crippen LogP contribution in [0.3, 0.4) is 0 Å². The van der Waals surface area contributed by atoms with Crippen LogP contribution >= 0.6 is 0 Å². The van der Waals surface area contributed by atoms with Crippen LogP contribution in [0.4, 0.5) is 0 Å². The van der Waals surface area contributed by atoms with Crippen LogP contribution in [0, 0.1) is 5.92 Å². The van der Waals surface area contributed by atoms with Crippen LogP contribution in [0.25, 0.3) is 0 Å². The Bertz CT molecular complexity index is 201. The zero-order valence-electron chi connectivity index (χ0n) is 8.16. The summed E-state index contributed by atoms with van der Waals surface area (Å²) in [6.07, 6.45) is 3.50. The molecule has 13 heavy (non-hydrogen) atoms. The maximum absolute atomic E-state index is 11.7. The predicted molar refractivity (Wildman–Crippen MR) is 49.3 cm³/mol. The van der Waals surface area contributed by atoms with E-state index in [0.29, 0.717) is 18.4 Å². The molecule has 1 saturated heterocycles. The number of amides is 1. The largest absolute Gasteiger partial charge is 0.375 e. The van der Waals surface area contributed by atoms with Gasteiger partial charge < -0.3 is 9.64 Å². The van der Waals surface area contributed by atoms with E-state index in [1.54, 1.807) is 0 Å². The third-order valence-electron chi connectivity index (χ3n) is 2.75. The Balaban J connectivity index is 1.80. The van der Waals surface area contributed by atoms with Crippen molar-refractivity contribution in [3.05, 3.63) is 0 Å². The number of carbonyl (C=O) groups excluding carboxylic acids is 1. The molecule has 1 aliphatic heterocycles. The molecule has 3 heteroatoms. The van der Waals surface area contributed by atoms with Crippen molar-refractivity contribution in [2.45, 2.75) is 32.3 Å². The first-order valence-corrected chi connectivity index (χ1v) is 5.15. The van der Waals surface area contributed by atoms with E-state index in [-0.39, 0.29) is 6.10 Å². The number of ether oxygens (including phenoxy) is 1. The number of carbonyl (C=O) groups is 1. The number of hydrogen-bond donors (Lipinski definition) is 0. The van der Waals surface area contributed by atoms with Crippen molar-refractivity contribution >= 4 is 5.91 Å². The molecule has 2 rings (SSSR count). The number of rotatable bonds is 2. The molecule has 2 aliphatic rings. The van der Waals surface area contributed by atoms with Crippen molar-refractivity contribution in [3.8, 4) is 0 Å². The van der Waals surface area contributed by atoms with Crippen LogP contribution in [0.1, 0.15) is 26.2 Å². The molecule has 1 saturated carbocycles. The fourth-order valence-electron chi connectivity index (χ4n) is 1.74. The average Bonchev–Trinajstić information content (AvgIpc) is 2.88. The van der Waals surface area contributed by atoms with E-state index in [0.717, 1.165) is 19.5 Å². The molecule has 0 aromatic heterocycles. The van der Waals surface area contributed by atoms with Gasteiger partial charge in [-0.15, -0.1) is 0 Å². The summed E-state index contributed by atoms with van der Waals surface area (Å²) in [4.78, 5) is 13.6. The van der Waals surface area contributed by atoms with E-state index < -0.39 is 0 Å². The first kappa shape index (κ1) is 9.00. The second-order valence-corrected chi connectivity index (χ2v) is 4.17. The van der Waals surface area contributed by atoms with Crippen molar-refractivity contribution in [1.29, 1.82) is 0 Å². The van der Waals surface area contributed by atoms with E-state index in [4.69, 9.17) is 4.74 Å². The minimum Gasteiger partial charge on any atom is -0.375 e. The second kappa shape index (κ2) is 3.66. The molecule has 1 amide bonds. The van der Waals surface area contributed by atoms with E-state index in [9.17, 15) is 4.79 Å². The average molecular weight is 183 g/mol. The van der Waals surface area contributed by atoms with Crippen molar-refractivity contribution in [2.24, 2.45) is 5.92 Å².